The van der Waals surface area contributed by atoms with Gasteiger partial charge in [-0.25, -0.2) is 15.0 Å². The van der Waals surface area contributed by atoms with Gasteiger partial charge < -0.3 is 25.0 Å². The average molecular weight is 295 g/mol. The lowest BCUT2D eigenvalue weighted by Crippen LogP contribution is -2.33. The summed E-state index contributed by atoms with van der Waals surface area (Å²) >= 11 is 0. The van der Waals surface area contributed by atoms with Crippen LogP contribution in [0.4, 0.5) is 5.82 Å². The molecule has 0 saturated carbocycles. The molecule has 3 rings (SSSR count). The molecule has 4 atom stereocenters. The van der Waals surface area contributed by atoms with Crippen LogP contribution < -0.4 is 4.90 Å². The minimum absolute atomic E-state index is 0.376. The number of rotatable bonds is 3. The molecule has 0 aromatic carbocycles. The number of hydrogen-bond acceptors (Lipinski definition) is 8. The molecule has 0 amide bonds. The van der Waals surface area contributed by atoms with Crippen molar-refractivity contribution in [3.05, 3.63) is 12.7 Å². The van der Waals surface area contributed by atoms with Gasteiger partial charge in [-0.2, -0.15) is 0 Å². The maximum atomic E-state index is 10.1. The Kier molecular flexibility index (Phi) is 3.49. The van der Waals surface area contributed by atoms with Crippen LogP contribution in [0, 0.1) is 0 Å². The van der Waals surface area contributed by atoms with Gasteiger partial charge in [-0.3, -0.25) is 4.57 Å². The third-order valence-corrected chi connectivity index (χ3v) is 3.55. The minimum Gasteiger partial charge on any atom is -0.394 e. The van der Waals surface area contributed by atoms with Crippen molar-refractivity contribution in [2.45, 2.75) is 24.5 Å². The highest BCUT2D eigenvalue weighted by Gasteiger charge is 2.44. The van der Waals surface area contributed by atoms with E-state index in [2.05, 4.69) is 15.0 Å². The maximum absolute atomic E-state index is 10.1. The fourth-order valence-corrected chi connectivity index (χ4v) is 2.46. The van der Waals surface area contributed by atoms with Crippen LogP contribution in [0.1, 0.15) is 6.23 Å². The molecule has 0 bridgehead atoms. The van der Waals surface area contributed by atoms with Gasteiger partial charge in [-0.05, 0) is 0 Å². The summed E-state index contributed by atoms with van der Waals surface area (Å²) in [5, 5.41) is 29.1. The Hall–Kier alpha value is -1.81. The zero-order valence-electron chi connectivity index (χ0n) is 11.7. The van der Waals surface area contributed by atoms with Gasteiger partial charge in [0.15, 0.2) is 23.2 Å². The monoisotopic (exact) mass is 295 g/mol. The van der Waals surface area contributed by atoms with E-state index in [1.807, 2.05) is 14.1 Å². The van der Waals surface area contributed by atoms with Crippen molar-refractivity contribution in [2.24, 2.45) is 0 Å². The van der Waals surface area contributed by atoms with E-state index < -0.39 is 24.5 Å². The zero-order valence-corrected chi connectivity index (χ0v) is 11.7. The van der Waals surface area contributed by atoms with Crippen LogP contribution in [0.2, 0.25) is 0 Å². The molecule has 3 N–H and O–H groups in total. The van der Waals surface area contributed by atoms with Gasteiger partial charge in [-0.1, -0.05) is 0 Å². The Morgan fingerprint density at radius 1 is 1.24 bits per heavy atom. The molecule has 1 saturated heterocycles. The van der Waals surface area contributed by atoms with E-state index in [4.69, 9.17) is 9.84 Å². The highest BCUT2D eigenvalue weighted by Crippen LogP contribution is 2.32. The van der Waals surface area contributed by atoms with Crippen LogP contribution in [-0.2, 0) is 4.74 Å². The first-order valence-electron chi connectivity index (χ1n) is 6.52. The highest BCUT2D eigenvalue weighted by atomic mass is 16.6. The number of anilines is 1. The quantitative estimate of drug-likeness (QED) is 0.626. The van der Waals surface area contributed by atoms with Gasteiger partial charge in [0.05, 0.1) is 12.9 Å². The molecule has 9 nitrogen and oxygen atoms in total. The summed E-state index contributed by atoms with van der Waals surface area (Å²) in [6.07, 6.45) is -1.14. The third kappa shape index (κ3) is 2.14. The van der Waals surface area contributed by atoms with Gasteiger partial charge in [0, 0.05) is 14.1 Å². The molecule has 0 radical (unpaired) electrons. The normalized spacial score (nSPS) is 29.2. The van der Waals surface area contributed by atoms with E-state index in [9.17, 15) is 10.2 Å². The number of aliphatic hydroxyl groups is 3. The number of aliphatic hydroxyl groups excluding tert-OH is 3. The maximum Gasteiger partial charge on any atom is 0.167 e. The smallest absolute Gasteiger partial charge is 0.167 e. The van der Waals surface area contributed by atoms with E-state index in [0.29, 0.717) is 17.0 Å². The van der Waals surface area contributed by atoms with E-state index in [1.165, 1.54) is 17.2 Å². The molecule has 0 aliphatic carbocycles. The van der Waals surface area contributed by atoms with Crippen molar-refractivity contribution < 1.29 is 20.1 Å². The Labute approximate surface area is 120 Å². The fraction of sp³-hybridized carbons (Fsp3) is 0.583. The first kappa shape index (κ1) is 14.1. The fourth-order valence-electron chi connectivity index (χ4n) is 2.46. The molecule has 114 valence electrons. The van der Waals surface area contributed by atoms with Gasteiger partial charge >= 0.3 is 0 Å². The largest absolute Gasteiger partial charge is 0.394 e. The van der Waals surface area contributed by atoms with Crippen LogP contribution in [0.15, 0.2) is 12.7 Å². The van der Waals surface area contributed by atoms with Crippen LogP contribution in [-0.4, -0.2) is 73.9 Å². The summed E-state index contributed by atoms with van der Waals surface area (Å²) < 4.78 is 7.02. The first-order chi connectivity index (χ1) is 10.0. The highest BCUT2D eigenvalue weighted by molar-refractivity contribution is 5.83. The first-order valence-corrected chi connectivity index (χ1v) is 6.52. The van der Waals surface area contributed by atoms with Crippen molar-refractivity contribution in [3.63, 3.8) is 0 Å². The summed E-state index contributed by atoms with van der Waals surface area (Å²) in [5.74, 6) is 0.644. The Morgan fingerprint density at radius 2 is 2.00 bits per heavy atom. The number of aromatic nitrogens is 4. The van der Waals surface area contributed by atoms with Crippen LogP contribution in [0.3, 0.4) is 0 Å². The van der Waals surface area contributed by atoms with Crippen LogP contribution in [0.25, 0.3) is 11.2 Å². The Morgan fingerprint density at radius 3 is 2.62 bits per heavy atom. The Bertz CT molecular complexity index is 646. The van der Waals surface area contributed by atoms with E-state index in [1.54, 1.807) is 4.90 Å². The lowest BCUT2D eigenvalue weighted by molar-refractivity contribution is -0.0511. The van der Waals surface area contributed by atoms with E-state index in [-0.39, 0.29) is 6.61 Å². The van der Waals surface area contributed by atoms with Crippen molar-refractivity contribution >= 4 is 17.0 Å². The van der Waals surface area contributed by atoms with Gasteiger partial charge in [0.1, 0.15) is 24.6 Å². The van der Waals surface area contributed by atoms with Crippen molar-refractivity contribution in [2.75, 3.05) is 25.6 Å². The SMILES string of the molecule is CN(C)c1ncnc2c1ncn2[C@@H]1O[C@H](CO)[C@@H](O)[C@@H]1O. The molecular weight excluding hydrogens is 278 g/mol. The van der Waals surface area contributed by atoms with Gasteiger partial charge in [-0.15, -0.1) is 0 Å². The molecule has 9 heteroatoms. The molecule has 0 unspecified atom stereocenters. The average Bonchev–Trinajstić information content (AvgIpc) is 3.01. The van der Waals surface area contributed by atoms with Gasteiger partial charge in [0.25, 0.3) is 0 Å². The summed E-state index contributed by atoms with van der Waals surface area (Å²) in [7, 11) is 3.68. The van der Waals surface area contributed by atoms with Crippen molar-refractivity contribution in [1.82, 2.24) is 19.5 Å². The number of ether oxygens (including phenoxy) is 1. The second kappa shape index (κ2) is 5.19. The van der Waals surface area contributed by atoms with E-state index >= 15 is 0 Å². The van der Waals surface area contributed by atoms with Crippen LogP contribution in [0.5, 0.6) is 0 Å². The molecule has 1 fully saturated rings. The topological polar surface area (TPSA) is 117 Å². The number of hydrogen-bond donors (Lipinski definition) is 3. The summed E-state index contributed by atoms with van der Waals surface area (Å²) in [4.78, 5) is 14.4. The standard InChI is InChI=1S/C12H17N5O4/c1-16(2)10-7-11(14-4-13-10)17(5-15-7)12-9(20)8(19)6(3-18)21-12/h4-6,8-9,12,18-20H,3H2,1-2H3/t6-,8-,9+,12-/m1/s1. The van der Waals surface area contributed by atoms with Crippen molar-refractivity contribution in [3.8, 4) is 0 Å². The number of nitrogens with zero attached hydrogens (tertiary/aromatic N) is 5. The molecule has 0 spiro atoms. The second-order valence-electron chi connectivity index (χ2n) is 5.14. The molecule has 21 heavy (non-hydrogen) atoms. The zero-order chi connectivity index (χ0) is 15.1. The van der Waals surface area contributed by atoms with E-state index in [0.717, 1.165) is 0 Å². The van der Waals surface area contributed by atoms with Crippen molar-refractivity contribution in [1.29, 1.82) is 0 Å². The molecule has 1 aliphatic heterocycles. The molecule has 2 aromatic rings. The minimum atomic E-state index is -1.17. The summed E-state index contributed by atoms with van der Waals surface area (Å²) in [6, 6.07) is 0. The predicted octanol–water partition coefficient (Wildman–Crippen LogP) is -1.50. The lowest BCUT2D eigenvalue weighted by Gasteiger charge is -2.17. The Balaban J connectivity index is 2.04. The second-order valence-corrected chi connectivity index (χ2v) is 5.14. The summed E-state index contributed by atoms with van der Waals surface area (Å²) in [5.41, 5.74) is 1.06. The molecule has 1 aliphatic rings. The molecule has 2 aromatic heterocycles. The lowest BCUT2D eigenvalue weighted by atomic mass is 10.1. The van der Waals surface area contributed by atoms with Crippen LogP contribution >= 0.6 is 0 Å². The molecular formula is C12H17N5O4. The number of imidazole rings is 1. The summed E-state index contributed by atoms with van der Waals surface area (Å²) in [6.45, 7) is -0.376. The predicted molar refractivity (Wildman–Crippen MR) is 72.7 cm³/mol. The van der Waals surface area contributed by atoms with Gasteiger partial charge in [0.2, 0.25) is 0 Å². The molecule has 3 heterocycles. The number of fused-ring (bicyclic) bond motifs is 1. The third-order valence-electron chi connectivity index (χ3n) is 3.55.